The van der Waals surface area contributed by atoms with Crippen LogP contribution in [-0.2, 0) is 7.05 Å². The third-order valence-corrected chi connectivity index (χ3v) is 5.16. The number of nitrogens with one attached hydrogen (secondary N) is 1. The smallest absolute Gasteiger partial charge is 0.287 e. The number of nitrogens with zero attached hydrogens (tertiary/aromatic N) is 2. The van der Waals surface area contributed by atoms with E-state index in [0.717, 1.165) is 6.54 Å². The lowest BCUT2D eigenvalue weighted by molar-refractivity contribution is 0.380. The lowest BCUT2D eigenvalue weighted by atomic mass is 9.84. The van der Waals surface area contributed by atoms with Crippen molar-refractivity contribution in [3.05, 3.63) is 21.6 Å². The van der Waals surface area contributed by atoms with Crippen molar-refractivity contribution in [1.29, 1.82) is 0 Å². The van der Waals surface area contributed by atoms with Crippen molar-refractivity contribution in [1.82, 2.24) is 9.78 Å². The Morgan fingerprint density at radius 1 is 1.65 bits per heavy atom. The van der Waals surface area contributed by atoms with Gasteiger partial charge in [-0.05, 0) is 19.1 Å². The van der Waals surface area contributed by atoms with Gasteiger partial charge in [-0.2, -0.15) is 16.9 Å². The first-order valence-corrected chi connectivity index (χ1v) is 7.19. The number of rotatable bonds is 4. The van der Waals surface area contributed by atoms with E-state index in [1.807, 2.05) is 11.8 Å². The molecule has 1 saturated carbocycles. The number of aryl methyl sites for hydroxylation is 1. The Balaban J connectivity index is 2.09. The zero-order valence-electron chi connectivity index (χ0n) is 9.99. The fourth-order valence-corrected chi connectivity index (χ4v) is 3.07. The Hall–Kier alpha value is -0.680. The van der Waals surface area contributed by atoms with E-state index < -0.39 is 0 Å². The normalized spacial score (nSPS) is 17.6. The molecule has 0 spiro atoms. The molecule has 94 valence electrons. The van der Waals surface area contributed by atoms with Crippen LogP contribution in [0.5, 0.6) is 0 Å². The molecule has 17 heavy (non-hydrogen) atoms. The van der Waals surface area contributed by atoms with Crippen molar-refractivity contribution in [3.63, 3.8) is 0 Å². The quantitative estimate of drug-likeness (QED) is 0.913. The molecular weight excluding hydrogens is 258 g/mol. The Bertz CT molecular complexity index is 465. The minimum absolute atomic E-state index is 0.220. The van der Waals surface area contributed by atoms with Crippen LogP contribution in [-0.4, -0.2) is 27.3 Å². The topological polar surface area (TPSA) is 46.9 Å². The van der Waals surface area contributed by atoms with Gasteiger partial charge in [-0.1, -0.05) is 18.0 Å². The van der Waals surface area contributed by atoms with Gasteiger partial charge >= 0.3 is 0 Å². The summed E-state index contributed by atoms with van der Waals surface area (Å²) in [5.74, 6) is 0. The number of hydrogen-bond donors (Lipinski definition) is 1. The van der Waals surface area contributed by atoms with Crippen LogP contribution in [0.15, 0.2) is 11.0 Å². The Morgan fingerprint density at radius 3 is 2.88 bits per heavy atom. The highest BCUT2D eigenvalue weighted by Crippen LogP contribution is 2.42. The Kier molecular flexibility index (Phi) is 3.68. The summed E-state index contributed by atoms with van der Waals surface area (Å²) in [5.41, 5.74) is 0.374. The van der Waals surface area contributed by atoms with Crippen LogP contribution >= 0.6 is 23.4 Å². The van der Waals surface area contributed by atoms with E-state index in [2.05, 4.69) is 16.7 Å². The molecule has 2 rings (SSSR count). The van der Waals surface area contributed by atoms with E-state index >= 15 is 0 Å². The van der Waals surface area contributed by atoms with E-state index in [1.54, 1.807) is 13.2 Å². The van der Waals surface area contributed by atoms with Crippen molar-refractivity contribution in [2.45, 2.75) is 24.0 Å². The number of aromatic nitrogens is 2. The molecule has 1 aromatic heterocycles. The van der Waals surface area contributed by atoms with Crippen LogP contribution in [0.3, 0.4) is 0 Å². The molecule has 1 fully saturated rings. The van der Waals surface area contributed by atoms with Crippen molar-refractivity contribution in [3.8, 4) is 0 Å². The molecule has 0 bridgehead atoms. The van der Waals surface area contributed by atoms with Gasteiger partial charge in [0.15, 0.2) is 0 Å². The molecule has 0 radical (unpaired) electrons. The molecular formula is C11H16ClN3OS. The van der Waals surface area contributed by atoms with Crippen LogP contribution in [0.2, 0.25) is 5.02 Å². The second kappa shape index (κ2) is 4.90. The van der Waals surface area contributed by atoms with Gasteiger partial charge in [0, 0.05) is 18.3 Å². The summed E-state index contributed by atoms with van der Waals surface area (Å²) >= 11 is 7.87. The Labute approximate surface area is 110 Å². The zero-order chi connectivity index (χ0) is 12.5. The van der Waals surface area contributed by atoms with E-state index in [-0.39, 0.29) is 10.6 Å². The molecule has 0 atom stereocenters. The van der Waals surface area contributed by atoms with Crippen LogP contribution in [0.4, 0.5) is 5.69 Å². The molecule has 1 N–H and O–H groups in total. The average Bonchev–Trinajstić information content (AvgIpc) is 2.28. The molecule has 0 amide bonds. The number of thioether (sulfide) groups is 1. The largest absolute Gasteiger partial charge is 0.381 e. The molecule has 6 heteroatoms. The molecule has 1 aliphatic carbocycles. The fourth-order valence-electron chi connectivity index (χ4n) is 1.91. The first-order chi connectivity index (χ1) is 8.08. The maximum absolute atomic E-state index is 11.6. The standard InChI is InChI=1S/C11H16ClN3OS/c1-15-10(16)9(12)8(6-14-15)13-7-11(17-2)4-3-5-11/h6,13H,3-5,7H2,1-2H3. The third-order valence-electron chi connectivity index (χ3n) is 3.38. The van der Waals surface area contributed by atoms with Crippen molar-refractivity contribution < 1.29 is 0 Å². The molecule has 0 unspecified atom stereocenters. The predicted molar refractivity (Wildman–Crippen MR) is 73.1 cm³/mol. The summed E-state index contributed by atoms with van der Waals surface area (Å²) in [6, 6.07) is 0. The van der Waals surface area contributed by atoms with Gasteiger partial charge in [0.1, 0.15) is 5.02 Å². The summed E-state index contributed by atoms with van der Waals surface area (Å²) < 4.78 is 1.55. The second-order valence-electron chi connectivity index (χ2n) is 4.40. The van der Waals surface area contributed by atoms with Gasteiger partial charge in [-0.25, -0.2) is 4.68 Å². The average molecular weight is 274 g/mol. The van der Waals surface area contributed by atoms with Gasteiger partial charge in [0.2, 0.25) is 0 Å². The van der Waals surface area contributed by atoms with Gasteiger partial charge in [0.05, 0.1) is 11.9 Å². The van der Waals surface area contributed by atoms with Gasteiger partial charge in [-0.3, -0.25) is 4.79 Å². The highest BCUT2D eigenvalue weighted by Gasteiger charge is 2.35. The van der Waals surface area contributed by atoms with Crippen LogP contribution in [0.1, 0.15) is 19.3 Å². The van der Waals surface area contributed by atoms with Gasteiger partial charge in [-0.15, -0.1) is 0 Å². The number of halogens is 1. The van der Waals surface area contributed by atoms with E-state index in [4.69, 9.17) is 11.6 Å². The monoisotopic (exact) mass is 273 g/mol. The van der Waals surface area contributed by atoms with Crippen molar-refractivity contribution in [2.75, 3.05) is 18.1 Å². The molecule has 1 aromatic rings. The SMILES string of the molecule is CSC1(CNc2cnn(C)c(=O)c2Cl)CCC1. The highest BCUT2D eigenvalue weighted by atomic mass is 35.5. The first kappa shape index (κ1) is 12.8. The highest BCUT2D eigenvalue weighted by molar-refractivity contribution is 8.00. The summed E-state index contributed by atoms with van der Waals surface area (Å²) in [6.45, 7) is 0.836. The fraction of sp³-hybridized carbons (Fsp3) is 0.636. The molecule has 0 aliphatic heterocycles. The van der Waals surface area contributed by atoms with Gasteiger partial charge < -0.3 is 5.32 Å². The van der Waals surface area contributed by atoms with Crippen LogP contribution in [0.25, 0.3) is 0 Å². The molecule has 1 aliphatic rings. The summed E-state index contributed by atoms with van der Waals surface area (Å²) in [7, 11) is 1.59. The summed E-state index contributed by atoms with van der Waals surface area (Å²) in [4.78, 5) is 11.6. The molecule has 4 nitrogen and oxygen atoms in total. The Morgan fingerprint density at radius 2 is 2.35 bits per heavy atom. The second-order valence-corrected chi connectivity index (χ2v) is 6.05. The zero-order valence-corrected chi connectivity index (χ0v) is 11.6. The lowest BCUT2D eigenvalue weighted by Crippen LogP contribution is -2.40. The molecule has 0 saturated heterocycles. The van der Waals surface area contributed by atoms with Gasteiger partial charge in [0.25, 0.3) is 5.56 Å². The van der Waals surface area contributed by atoms with Crippen molar-refractivity contribution in [2.24, 2.45) is 7.05 Å². The minimum Gasteiger partial charge on any atom is -0.381 e. The minimum atomic E-state index is -0.261. The van der Waals surface area contributed by atoms with Crippen LogP contribution < -0.4 is 10.9 Å². The van der Waals surface area contributed by atoms with Crippen molar-refractivity contribution >= 4 is 29.1 Å². The van der Waals surface area contributed by atoms with Crippen LogP contribution in [0, 0.1) is 0 Å². The maximum Gasteiger partial charge on any atom is 0.287 e. The molecule has 1 heterocycles. The van der Waals surface area contributed by atoms with E-state index in [9.17, 15) is 4.79 Å². The summed E-state index contributed by atoms with van der Waals surface area (Å²) in [6.07, 6.45) is 7.46. The number of anilines is 1. The first-order valence-electron chi connectivity index (χ1n) is 5.59. The lowest BCUT2D eigenvalue weighted by Gasteiger charge is -2.40. The maximum atomic E-state index is 11.6. The molecule has 0 aromatic carbocycles. The number of hydrogen-bond acceptors (Lipinski definition) is 4. The third kappa shape index (κ3) is 2.45. The summed E-state index contributed by atoms with van der Waals surface area (Å²) in [5, 5.41) is 7.43. The van der Waals surface area contributed by atoms with E-state index in [1.165, 1.54) is 23.9 Å². The van der Waals surface area contributed by atoms with E-state index in [0.29, 0.717) is 10.4 Å². The predicted octanol–water partition coefficient (Wildman–Crippen LogP) is 2.13.